The van der Waals surface area contributed by atoms with Crippen molar-refractivity contribution >= 4 is 45.4 Å². The second-order valence-electron chi connectivity index (χ2n) is 6.90. The van der Waals surface area contributed by atoms with Gasteiger partial charge in [0.15, 0.2) is 4.96 Å². The first-order valence-electron chi connectivity index (χ1n) is 9.24. The highest BCUT2D eigenvalue weighted by molar-refractivity contribution is 7.15. The van der Waals surface area contributed by atoms with Crippen molar-refractivity contribution in [3.8, 4) is 11.3 Å². The highest BCUT2D eigenvalue weighted by atomic mass is 35.5. The molecule has 0 saturated heterocycles. The van der Waals surface area contributed by atoms with Gasteiger partial charge in [0.25, 0.3) is 0 Å². The van der Waals surface area contributed by atoms with Crippen LogP contribution in [0.5, 0.6) is 0 Å². The summed E-state index contributed by atoms with van der Waals surface area (Å²) in [5, 5.41) is 5.55. The number of halogens is 2. The van der Waals surface area contributed by atoms with Gasteiger partial charge in [0.1, 0.15) is 17.3 Å². The molecule has 5 nitrogen and oxygen atoms in total. The Bertz CT molecular complexity index is 1220. The number of hydrogen-bond acceptors (Lipinski definition) is 5. The number of fused-ring (bicyclic) bond motifs is 1. The Morgan fingerprint density at radius 1 is 1.23 bits per heavy atom. The number of aromatic nitrogens is 2. The summed E-state index contributed by atoms with van der Waals surface area (Å²) in [5.41, 5.74) is 4.25. The van der Waals surface area contributed by atoms with E-state index in [4.69, 9.17) is 16.3 Å². The Kier molecular flexibility index (Phi) is 5.49. The fraction of sp³-hybridized carbons (Fsp3) is 0.182. The number of carbonyl (C=O) groups is 1. The first kappa shape index (κ1) is 20.4. The van der Waals surface area contributed by atoms with E-state index in [0.717, 1.165) is 16.8 Å². The van der Waals surface area contributed by atoms with E-state index in [-0.39, 0.29) is 23.0 Å². The van der Waals surface area contributed by atoms with Crippen LogP contribution in [0.15, 0.2) is 41.8 Å². The van der Waals surface area contributed by atoms with Gasteiger partial charge in [-0.25, -0.2) is 9.37 Å². The number of aryl methyl sites for hydroxylation is 2. The predicted molar refractivity (Wildman–Crippen MR) is 118 cm³/mol. The molecule has 0 aliphatic rings. The van der Waals surface area contributed by atoms with Gasteiger partial charge < -0.3 is 10.1 Å². The Morgan fingerprint density at radius 2 is 1.93 bits per heavy atom. The quantitative estimate of drug-likeness (QED) is 0.388. The number of esters is 1. The number of carbonyl (C=O) groups excluding carboxylic acids is 1. The number of anilines is 2. The monoisotopic (exact) mass is 443 g/mol. The number of methoxy groups -OCH3 is 1. The van der Waals surface area contributed by atoms with Gasteiger partial charge in [-0.3, -0.25) is 9.20 Å². The van der Waals surface area contributed by atoms with Gasteiger partial charge in [0.05, 0.1) is 24.1 Å². The van der Waals surface area contributed by atoms with Crippen LogP contribution in [0.1, 0.15) is 16.8 Å². The number of hydrogen-bond donors (Lipinski definition) is 1. The number of nitrogens with one attached hydrogen (secondary N) is 1. The van der Waals surface area contributed by atoms with Gasteiger partial charge in [0.2, 0.25) is 0 Å². The normalized spacial score (nSPS) is 11.1. The molecular formula is C22H19ClFN3O2S. The van der Waals surface area contributed by atoms with Crippen LogP contribution < -0.4 is 5.32 Å². The lowest BCUT2D eigenvalue weighted by molar-refractivity contribution is -0.139. The van der Waals surface area contributed by atoms with Crippen molar-refractivity contribution in [3.63, 3.8) is 0 Å². The molecule has 0 unspecified atom stereocenters. The van der Waals surface area contributed by atoms with Crippen LogP contribution in [0.25, 0.3) is 16.2 Å². The van der Waals surface area contributed by atoms with Gasteiger partial charge in [-0.2, -0.15) is 0 Å². The third-order valence-electron chi connectivity index (χ3n) is 4.91. The number of thiazole rings is 1. The molecule has 0 atom stereocenters. The standard InChI is InChI=1S/C22H19ClFN3O2S/c1-12-6-4-7-13(2)19(12)25-21-20(18-15(23)8-5-9-16(18)24)26-22-27(21)14(11-30-22)10-17(28)29-3/h4-9,11,25H,10H2,1-3H3. The summed E-state index contributed by atoms with van der Waals surface area (Å²) in [6.45, 7) is 3.98. The van der Waals surface area contributed by atoms with Crippen molar-refractivity contribution in [1.82, 2.24) is 9.38 Å². The van der Waals surface area contributed by atoms with E-state index in [1.54, 1.807) is 12.1 Å². The molecule has 0 spiro atoms. The van der Waals surface area contributed by atoms with Crippen LogP contribution in [0.2, 0.25) is 5.02 Å². The molecule has 4 aromatic rings. The smallest absolute Gasteiger partial charge is 0.311 e. The van der Waals surface area contributed by atoms with E-state index in [0.29, 0.717) is 22.2 Å². The molecule has 1 N–H and O–H groups in total. The van der Waals surface area contributed by atoms with Crippen molar-refractivity contribution in [2.45, 2.75) is 20.3 Å². The zero-order chi connectivity index (χ0) is 21.4. The van der Waals surface area contributed by atoms with Crippen molar-refractivity contribution in [2.75, 3.05) is 12.4 Å². The number of nitrogens with zero attached hydrogens (tertiary/aromatic N) is 2. The predicted octanol–water partition coefficient (Wildman–Crippen LogP) is 5.93. The first-order valence-corrected chi connectivity index (χ1v) is 10.5. The molecule has 2 heterocycles. The molecule has 2 aromatic heterocycles. The molecule has 0 saturated carbocycles. The fourth-order valence-corrected chi connectivity index (χ4v) is 4.54. The number of para-hydroxylation sites is 1. The summed E-state index contributed by atoms with van der Waals surface area (Å²) in [7, 11) is 1.35. The van der Waals surface area contributed by atoms with E-state index in [1.807, 2.05) is 41.8 Å². The minimum Gasteiger partial charge on any atom is -0.469 e. The Morgan fingerprint density at radius 3 is 2.60 bits per heavy atom. The third-order valence-corrected chi connectivity index (χ3v) is 6.10. The minimum absolute atomic E-state index is 0.0682. The summed E-state index contributed by atoms with van der Waals surface area (Å²) < 4.78 is 21.4. The second-order valence-corrected chi connectivity index (χ2v) is 8.14. The zero-order valence-electron chi connectivity index (χ0n) is 16.6. The Balaban J connectivity index is 1.98. The summed E-state index contributed by atoms with van der Waals surface area (Å²) >= 11 is 7.72. The molecule has 154 valence electrons. The molecule has 8 heteroatoms. The van der Waals surface area contributed by atoms with Crippen LogP contribution in [0.3, 0.4) is 0 Å². The molecule has 0 amide bonds. The van der Waals surface area contributed by atoms with E-state index in [1.165, 1.54) is 24.5 Å². The molecule has 0 aliphatic heterocycles. The highest BCUT2D eigenvalue weighted by Crippen LogP contribution is 2.39. The molecule has 2 aromatic carbocycles. The molecule has 30 heavy (non-hydrogen) atoms. The number of ether oxygens (including phenoxy) is 1. The number of benzene rings is 2. The maximum Gasteiger partial charge on any atom is 0.311 e. The maximum absolute atomic E-state index is 14.8. The van der Waals surface area contributed by atoms with Crippen LogP contribution >= 0.6 is 22.9 Å². The van der Waals surface area contributed by atoms with Crippen LogP contribution in [0.4, 0.5) is 15.9 Å². The van der Waals surface area contributed by atoms with Crippen molar-refractivity contribution in [2.24, 2.45) is 0 Å². The molecule has 0 fully saturated rings. The molecule has 0 radical (unpaired) electrons. The van der Waals surface area contributed by atoms with E-state index < -0.39 is 5.82 Å². The largest absolute Gasteiger partial charge is 0.469 e. The lowest BCUT2D eigenvalue weighted by Crippen LogP contribution is -2.08. The van der Waals surface area contributed by atoms with Gasteiger partial charge in [-0.1, -0.05) is 35.9 Å². The summed E-state index contributed by atoms with van der Waals surface area (Å²) in [6.07, 6.45) is 0.0682. The first-order chi connectivity index (χ1) is 14.4. The van der Waals surface area contributed by atoms with Gasteiger partial charge >= 0.3 is 5.97 Å². The topological polar surface area (TPSA) is 55.6 Å². The average Bonchev–Trinajstić information content (AvgIpc) is 3.25. The SMILES string of the molecule is COC(=O)Cc1csc2nc(-c3c(F)cccc3Cl)c(Nc3c(C)cccc3C)n12. The van der Waals surface area contributed by atoms with E-state index >= 15 is 0 Å². The van der Waals surface area contributed by atoms with Crippen molar-refractivity contribution < 1.29 is 13.9 Å². The van der Waals surface area contributed by atoms with E-state index in [9.17, 15) is 9.18 Å². The number of imidazole rings is 1. The molecule has 0 bridgehead atoms. The van der Waals surface area contributed by atoms with Crippen LogP contribution in [-0.4, -0.2) is 22.5 Å². The highest BCUT2D eigenvalue weighted by Gasteiger charge is 2.24. The third kappa shape index (κ3) is 3.55. The lowest BCUT2D eigenvalue weighted by Gasteiger charge is -2.15. The summed E-state index contributed by atoms with van der Waals surface area (Å²) in [4.78, 5) is 17.2. The lowest BCUT2D eigenvalue weighted by atomic mass is 10.1. The van der Waals surface area contributed by atoms with Gasteiger partial charge in [0, 0.05) is 16.8 Å². The van der Waals surface area contributed by atoms with Crippen molar-refractivity contribution in [3.05, 3.63) is 69.4 Å². The minimum atomic E-state index is -0.465. The molecular weight excluding hydrogens is 425 g/mol. The van der Waals surface area contributed by atoms with Crippen molar-refractivity contribution in [1.29, 1.82) is 0 Å². The summed E-state index contributed by atoms with van der Waals surface area (Å²) in [5.74, 6) is -0.284. The molecule has 4 rings (SSSR count). The Labute approximate surface area is 182 Å². The summed E-state index contributed by atoms with van der Waals surface area (Å²) in [6, 6.07) is 10.5. The van der Waals surface area contributed by atoms with Gasteiger partial charge in [-0.15, -0.1) is 11.3 Å². The van der Waals surface area contributed by atoms with Gasteiger partial charge in [-0.05, 0) is 37.1 Å². The fourth-order valence-electron chi connectivity index (χ4n) is 3.40. The van der Waals surface area contributed by atoms with Crippen LogP contribution in [-0.2, 0) is 16.0 Å². The zero-order valence-corrected chi connectivity index (χ0v) is 18.2. The van der Waals surface area contributed by atoms with Crippen LogP contribution in [0, 0.1) is 19.7 Å². The molecule has 0 aliphatic carbocycles. The average molecular weight is 444 g/mol. The Hall–Kier alpha value is -2.90. The maximum atomic E-state index is 14.8. The number of rotatable bonds is 5. The second kappa shape index (κ2) is 8.08. The van der Waals surface area contributed by atoms with E-state index in [2.05, 4.69) is 10.3 Å².